The highest BCUT2D eigenvalue weighted by molar-refractivity contribution is 5.84. The molecule has 1 saturated carbocycles. The minimum atomic E-state index is -1.05. The molecule has 1 aliphatic carbocycles. The number of carbonyl (C=O) groups is 1. The van der Waals surface area contributed by atoms with Gasteiger partial charge in [0.15, 0.2) is 0 Å². The van der Waals surface area contributed by atoms with Gasteiger partial charge >= 0.3 is 5.97 Å². The molecule has 1 fully saturated rings. The average Bonchev–Trinajstić information content (AvgIpc) is 2.99. The summed E-state index contributed by atoms with van der Waals surface area (Å²) in [6.45, 7) is 1.29. The molecule has 0 aliphatic heterocycles. The smallest absolute Gasteiger partial charge is 0.371 e. The van der Waals surface area contributed by atoms with Crippen molar-refractivity contribution in [3.05, 3.63) is 23.7 Å². The Morgan fingerprint density at radius 1 is 1.39 bits per heavy atom. The number of nitrogens with zero attached hydrogens (tertiary/aromatic N) is 1. The van der Waals surface area contributed by atoms with Crippen molar-refractivity contribution in [2.75, 3.05) is 13.2 Å². The third-order valence-electron chi connectivity index (χ3n) is 3.46. The van der Waals surface area contributed by atoms with Crippen molar-refractivity contribution in [1.29, 1.82) is 0 Å². The molecule has 1 aliphatic rings. The van der Waals surface area contributed by atoms with Crippen molar-refractivity contribution >= 4 is 5.97 Å². The van der Waals surface area contributed by atoms with Crippen LogP contribution >= 0.6 is 0 Å². The molecule has 100 valence electrons. The normalized spacial score (nSPS) is 16.6. The lowest BCUT2D eigenvalue weighted by Crippen LogP contribution is -2.34. The van der Waals surface area contributed by atoms with Crippen LogP contribution in [0.2, 0.25) is 0 Å². The van der Waals surface area contributed by atoms with E-state index in [4.69, 9.17) is 14.6 Å². The van der Waals surface area contributed by atoms with Crippen molar-refractivity contribution in [2.45, 2.75) is 38.3 Å². The highest BCUT2D eigenvalue weighted by Crippen LogP contribution is 2.25. The van der Waals surface area contributed by atoms with E-state index in [0.717, 1.165) is 12.8 Å². The van der Waals surface area contributed by atoms with Crippen LogP contribution < -0.4 is 0 Å². The molecule has 2 rings (SSSR count). The molecule has 18 heavy (non-hydrogen) atoms. The lowest BCUT2D eigenvalue weighted by atomic mass is 10.2. The molecule has 0 amide bonds. The van der Waals surface area contributed by atoms with Crippen LogP contribution in [0, 0.1) is 0 Å². The van der Waals surface area contributed by atoms with Gasteiger partial charge in [0.05, 0.1) is 13.2 Å². The predicted molar refractivity (Wildman–Crippen MR) is 65.4 cm³/mol. The summed E-state index contributed by atoms with van der Waals surface area (Å²) < 4.78 is 5.26. The molecule has 5 nitrogen and oxygen atoms in total. The first kappa shape index (κ1) is 13.1. The summed E-state index contributed by atoms with van der Waals surface area (Å²) in [6, 6.07) is 3.65. The third kappa shape index (κ3) is 3.11. The van der Waals surface area contributed by atoms with Crippen molar-refractivity contribution < 1.29 is 19.4 Å². The van der Waals surface area contributed by atoms with Crippen LogP contribution in [0.5, 0.6) is 0 Å². The fourth-order valence-corrected chi connectivity index (χ4v) is 2.57. The molecular weight excluding hydrogens is 234 g/mol. The molecule has 1 aromatic rings. The van der Waals surface area contributed by atoms with Gasteiger partial charge < -0.3 is 14.6 Å². The summed E-state index contributed by atoms with van der Waals surface area (Å²) in [5.41, 5.74) is 0. The molecular formula is C13H19NO4. The number of aliphatic hydroxyl groups excluding tert-OH is 1. The first-order valence-corrected chi connectivity index (χ1v) is 6.37. The summed E-state index contributed by atoms with van der Waals surface area (Å²) >= 11 is 0. The maximum Gasteiger partial charge on any atom is 0.371 e. The van der Waals surface area contributed by atoms with Crippen LogP contribution in [-0.2, 0) is 6.54 Å². The Morgan fingerprint density at radius 3 is 2.67 bits per heavy atom. The number of aliphatic hydroxyl groups is 1. The zero-order chi connectivity index (χ0) is 13.0. The number of aromatic carboxylic acids is 1. The molecule has 1 aromatic heterocycles. The number of hydrogen-bond acceptors (Lipinski definition) is 4. The summed E-state index contributed by atoms with van der Waals surface area (Å²) in [5.74, 6) is -0.427. The zero-order valence-corrected chi connectivity index (χ0v) is 10.3. The summed E-state index contributed by atoms with van der Waals surface area (Å²) in [7, 11) is 0. The van der Waals surface area contributed by atoms with E-state index < -0.39 is 5.97 Å². The van der Waals surface area contributed by atoms with Crippen LogP contribution in [0.25, 0.3) is 0 Å². The molecule has 0 radical (unpaired) electrons. The molecule has 0 bridgehead atoms. The van der Waals surface area contributed by atoms with Gasteiger partial charge in [0.2, 0.25) is 5.76 Å². The maximum absolute atomic E-state index is 10.7. The molecule has 5 heteroatoms. The van der Waals surface area contributed by atoms with Crippen LogP contribution in [-0.4, -0.2) is 40.3 Å². The number of furan rings is 1. The van der Waals surface area contributed by atoms with E-state index in [-0.39, 0.29) is 12.4 Å². The van der Waals surface area contributed by atoms with Crippen molar-refractivity contribution in [3.8, 4) is 0 Å². The van der Waals surface area contributed by atoms with Crippen LogP contribution in [0.1, 0.15) is 42.0 Å². The molecule has 0 saturated heterocycles. The Kier molecular flexibility index (Phi) is 4.38. The summed E-state index contributed by atoms with van der Waals surface area (Å²) in [6.07, 6.45) is 4.75. The molecule has 0 aromatic carbocycles. The second-order valence-corrected chi connectivity index (χ2v) is 4.70. The van der Waals surface area contributed by atoms with Gasteiger partial charge in [-0.05, 0) is 25.0 Å². The molecule has 0 unspecified atom stereocenters. The monoisotopic (exact) mass is 253 g/mol. The Hall–Kier alpha value is -1.33. The van der Waals surface area contributed by atoms with Gasteiger partial charge in [-0.15, -0.1) is 0 Å². The first-order valence-electron chi connectivity index (χ1n) is 6.37. The highest BCUT2D eigenvalue weighted by Gasteiger charge is 2.23. The third-order valence-corrected chi connectivity index (χ3v) is 3.46. The predicted octanol–water partition coefficient (Wildman–Crippen LogP) is 1.71. The summed E-state index contributed by atoms with van der Waals surface area (Å²) in [5, 5.41) is 17.9. The van der Waals surface area contributed by atoms with Crippen LogP contribution in [0.15, 0.2) is 16.5 Å². The fraction of sp³-hybridized carbons (Fsp3) is 0.615. The Labute approximate surface area is 106 Å². The van der Waals surface area contributed by atoms with Gasteiger partial charge in [0.25, 0.3) is 0 Å². The van der Waals surface area contributed by atoms with Gasteiger partial charge in [-0.2, -0.15) is 0 Å². The molecule has 2 N–H and O–H groups in total. The number of hydrogen-bond donors (Lipinski definition) is 2. The van der Waals surface area contributed by atoms with Crippen molar-refractivity contribution in [2.24, 2.45) is 0 Å². The fourth-order valence-electron chi connectivity index (χ4n) is 2.57. The van der Waals surface area contributed by atoms with Crippen LogP contribution in [0.4, 0.5) is 0 Å². The van der Waals surface area contributed by atoms with Gasteiger partial charge in [-0.25, -0.2) is 4.79 Å². The average molecular weight is 253 g/mol. The zero-order valence-electron chi connectivity index (χ0n) is 10.3. The Morgan fingerprint density at radius 2 is 2.11 bits per heavy atom. The summed E-state index contributed by atoms with van der Waals surface area (Å²) in [4.78, 5) is 12.9. The van der Waals surface area contributed by atoms with E-state index in [1.165, 1.54) is 18.9 Å². The lowest BCUT2D eigenvalue weighted by molar-refractivity contribution is 0.0655. The van der Waals surface area contributed by atoms with Gasteiger partial charge in [0, 0.05) is 12.6 Å². The maximum atomic E-state index is 10.7. The molecule has 0 atom stereocenters. The van der Waals surface area contributed by atoms with E-state index in [1.807, 2.05) is 0 Å². The van der Waals surface area contributed by atoms with E-state index in [1.54, 1.807) is 6.07 Å². The van der Waals surface area contributed by atoms with E-state index >= 15 is 0 Å². The lowest BCUT2D eigenvalue weighted by Gasteiger charge is -2.26. The van der Waals surface area contributed by atoms with Crippen molar-refractivity contribution in [3.63, 3.8) is 0 Å². The second kappa shape index (κ2) is 6.02. The molecule has 1 heterocycles. The van der Waals surface area contributed by atoms with Crippen molar-refractivity contribution in [1.82, 2.24) is 4.90 Å². The minimum absolute atomic E-state index is 0.0274. The Bertz CT molecular complexity index is 395. The van der Waals surface area contributed by atoms with Gasteiger partial charge in [-0.3, -0.25) is 4.90 Å². The molecule has 0 spiro atoms. The highest BCUT2D eigenvalue weighted by atomic mass is 16.4. The van der Waals surface area contributed by atoms with E-state index in [0.29, 0.717) is 24.9 Å². The Balaban J connectivity index is 2.00. The number of carboxylic acid groups (broad SMARTS) is 1. The van der Waals surface area contributed by atoms with Gasteiger partial charge in [0.1, 0.15) is 5.76 Å². The van der Waals surface area contributed by atoms with E-state index in [2.05, 4.69) is 4.90 Å². The number of rotatable bonds is 6. The standard InChI is InChI=1S/C13H19NO4/c15-8-7-14(10-3-1-2-4-10)9-11-5-6-12(18-11)13(16)17/h5-6,10,15H,1-4,7-9H2,(H,16,17). The van der Waals surface area contributed by atoms with E-state index in [9.17, 15) is 4.79 Å². The SMILES string of the molecule is O=C(O)c1ccc(CN(CCO)C2CCCC2)o1. The first-order chi connectivity index (χ1) is 8.70. The van der Waals surface area contributed by atoms with Crippen LogP contribution in [0.3, 0.4) is 0 Å². The second-order valence-electron chi connectivity index (χ2n) is 4.70. The van der Waals surface area contributed by atoms with Gasteiger partial charge in [-0.1, -0.05) is 12.8 Å². The minimum Gasteiger partial charge on any atom is -0.475 e. The quantitative estimate of drug-likeness (QED) is 0.807. The topological polar surface area (TPSA) is 73.9 Å². The number of carboxylic acids is 1. The largest absolute Gasteiger partial charge is 0.475 e.